The Morgan fingerprint density at radius 3 is 2.59 bits per heavy atom. The van der Waals surface area contributed by atoms with Crippen LogP contribution in [0.4, 0.5) is 19.0 Å². The molecule has 0 bridgehead atoms. The van der Waals surface area contributed by atoms with Gasteiger partial charge in [-0.25, -0.2) is 4.98 Å². The summed E-state index contributed by atoms with van der Waals surface area (Å²) >= 11 is 0. The van der Waals surface area contributed by atoms with Gasteiger partial charge in [0, 0.05) is 25.3 Å². The molecule has 1 aliphatic rings. The van der Waals surface area contributed by atoms with Crippen LogP contribution < -0.4 is 10.2 Å². The maximum absolute atomic E-state index is 12.7. The van der Waals surface area contributed by atoms with Crippen molar-refractivity contribution in [1.82, 2.24) is 25.3 Å². The number of aromatic nitrogens is 4. The smallest absolute Gasteiger partial charge is 0.354 e. The van der Waals surface area contributed by atoms with E-state index in [0.29, 0.717) is 25.3 Å². The van der Waals surface area contributed by atoms with E-state index >= 15 is 0 Å². The molecule has 1 N–H and O–H groups in total. The fourth-order valence-electron chi connectivity index (χ4n) is 3.14. The van der Waals surface area contributed by atoms with Gasteiger partial charge in [-0.3, -0.25) is 4.79 Å². The van der Waals surface area contributed by atoms with Gasteiger partial charge in [-0.05, 0) is 30.7 Å². The van der Waals surface area contributed by atoms with Gasteiger partial charge in [0.05, 0.1) is 17.4 Å². The number of carbonyl (C=O) groups is 1. The second-order valence-electron chi connectivity index (χ2n) is 6.66. The van der Waals surface area contributed by atoms with E-state index in [1.165, 1.54) is 17.1 Å². The number of nitrogens with zero attached hydrogens (tertiary/aromatic N) is 5. The van der Waals surface area contributed by atoms with Crippen LogP contribution in [0.15, 0.2) is 54.9 Å². The fourth-order valence-corrected chi connectivity index (χ4v) is 3.14. The molecule has 1 aromatic carbocycles. The molecule has 3 aromatic rings. The highest BCUT2D eigenvalue weighted by Crippen LogP contribution is 2.29. The largest absolute Gasteiger partial charge is 0.417 e. The lowest BCUT2D eigenvalue weighted by atomic mass is 10.2. The molecule has 2 aromatic heterocycles. The highest BCUT2D eigenvalue weighted by Gasteiger charge is 2.31. The number of nitrogens with one attached hydrogen (secondary N) is 1. The molecule has 3 heterocycles. The number of hydrogen-bond donors (Lipinski definition) is 1. The minimum atomic E-state index is -4.41. The van der Waals surface area contributed by atoms with E-state index in [1.807, 2.05) is 35.2 Å². The van der Waals surface area contributed by atoms with Crippen molar-refractivity contribution in [2.24, 2.45) is 0 Å². The Labute approximate surface area is 164 Å². The number of amides is 1. The number of hydrogen-bond acceptors (Lipinski definition) is 5. The predicted octanol–water partition coefficient (Wildman–Crippen LogP) is 2.69. The van der Waals surface area contributed by atoms with E-state index in [-0.39, 0.29) is 17.6 Å². The summed E-state index contributed by atoms with van der Waals surface area (Å²) in [5.74, 6) is 0.101. The summed E-state index contributed by atoms with van der Waals surface area (Å²) in [5, 5.41) is 11.2. The number of benzene rings is 1. The Hall–Kier alpha value is -3.43. The number of anilines is 1. The minimum absolute atomic E-state index is 0.159. The Balaban J connectivity index is 1.36. The highest BCUT2D eigenvalue weighted by atomic mass is 19.4. The molecule has 7 nitrogen and oxygen atoms in total. The Morgan fingerprint density at radius 2 is 1.90 bits per heavy atom. The van der Waals surface area contributed by atoms with Crippen LogP contribution in [-0.4, -0.2) is 45.0 Å². The summed E-state index contributed by atoms with van der Waals surface area (Å²) in [6.45, 7) is 1.04. The van der Waals surface area contributed by atoms with Crippen LogP contribution >= 0.6 is 0 Å². The Kier molecular flexibility index (Phi) is 4.91. The standard InChI is InChI=1S/C19H17F3N6O/c20-19(21,22)13-6-7-17(23-10-13)27-9-8-14(12-27)25-18(29)16-11-24-28(26-16)15-4-2-1-3-5-15/h1-7,10-11,14H,8-9,12H2,(H,25,29)/t14-/m1/s1. The van der Waals surface area contributed by atoms with Gasteiger partial charge in [-0.2, -0.15) is 23.1 Å². The first kappa shape index (κ1) is 18.9. The molecular weight excluding hydrogens is 385 g/mol. The van der Waals surface area contributed by atoms with E-state index in [2.05, 4.69) is 20.5 Å². The number of alkyl halides is 3. The molecule has 10 heteroatoms. The van der Waals surface area contributed by atoms with Gasteiger partial charge in [-0.1, -0.05) is 18.2 Å². The normalized spacial score (nSPS) is 16.8. The molecule has 0 saturated carbocycles. The molecule has 1 amide bonds. The molecule has 1 fully saturated rings. The van der Waals surface area contributed by atoms with Crippen molar-refractivity contribution < 1.29 is 18.0 Å². The minimum Gasteiger partial charge on any atom is -0.354 e. The van der Waals surface area contributed by atoms with Crippen molar-refractivity contribution in [3.05, 3.63) is 66.1 Å². The van der Waals surface area contributed by atoms with E-state index in [4.69, 9.17) is 0 Å². The molecule has 0 spiro atoms. The molecule has 0 aliphatic carbocycles. The molecule has 29 heavy (non-hydrogen) atoms. The van der Waals surface area contributed by atoms with Crippen LogP contribution in [0.5, 0.6) is 0 Å². The summed E-state index contributed by atoms with van der Waals surface area (Å²) in [7, 11) is 0. The molecular formula is C19H17F3N6O. The van der Waals surface area contributed by atoms with Gasteiger partial charge < -0.3 is 10.2 Å². The topological polar surface area (TPSA) is 75.9 Å². The third-order valence-corrected chi connectivity index (χ3v) is 4.63. The summed E-state index contributed by atoms with van der Waals surface area (Å²) in [6, 6.07) is 11.4. The van der Waals surface area contributed by atoms with Gasteiger partial charge in [0.25, 0.3) is 5.91 Å². The van der Waals surface area contributed by atoms with E-state index < -0.39 is 11.7 Å². The second kappa shape index (κ2) is 7.53. The van der Waals surface area contributed by atoms with Crippen molar-refractivity contribution in [3.63, 3.8) is 0 Å². The summed E-state index contributed by atoms with van der Waals surface area (Å²) < 4.78 is 38.0. The maximum atomic E-state index is 12.7. The number of halogens is 3. The zero-order valence-corrected chi connectivity index (χ0v) is 15.2. The van der Waals surface area contributed by atoms with E-state index in [9.17, 15) is 18.0 Å². The number of para-hydroxylation sites is 1. The second-order valence-corrected chi connectivity index (χ2v) is 6.66. The summed E-state index contributed by atoms with van der Waals surface area (Å²) in [6.07, 6.45) is -1.54. The number of rotatable bonds is 4. The van der Waals surface area contributed by atoms with Crippen LogP contribution in [0.3, 0.4) is 0 Å². The van der Waals surface area contributed by atoms with Crippen LogP contribution in [0.2, 0.25) is 0 Å². The number of carbonyl (C=O) groups excluding carboxylic acids is 1. The van der Waals surface area contributed by atoms with Gasteiger partial charge in [-0.15, -0.1) is 5.10 Å². The van der Waals surface area contributed by atoms with Crippen molar-refractivity contribution in [3.8, 4) is 5.69 Å². The SMILES string of the molecule is O=C(N[C@@H]1CCN(c2ccc(C(F)(F)F)cn2)C1)c1cnn(-c2ccccc2)n1. The van der Waals surface area contributed by atoms with Crippen molar-refractivity contribution in [2.45, 2.75) is 18.6 Å². The van der Waals surface area contributed by atoms with Crippen molar-refractivity contribution in [2.75, 3.05) is 18.0 Å². The molecule has 4 rings (SSSR count). The lowest BCUT2D eigenvalue weighted by Crippen LogP contribution is -2.37. The zero-order chi connectivity index (χ0) is 20.4. The van der Waals surface area contributed by atoms with Crippen LogP contribution in [0.1, 0.15) is 22.5 Å². The van der Waals surface area contributed by atoms with Crippen molar-refractivity contribution >= 4 is 11.7 Å². The van der Waals surface area contributed by atoms with E-state index in [1.54, 1.807) is 0 Å². The third kappa shape index (κ3) is 4.20. The molecule has 0 unspecified atom stereocenters. The quantitative estimate of drug-likeness (QED) is 0.726. The molecule has 150 valence electrons. The fraction of sp³-hybridized carbons (Fsp3) is 0.263. The van der Waals surface area contributed by atoms with Gasteiger partial charge in [0.15, 0.2) is 5.69 Å². The zero-order valence-electron chi connectivity index (χ0n) is 15.2. The molecule has 0 radical (unpaired) electrons. The number of pyridine rings is 1. The first-order valence-electron chi connectivity index (χ1n) is 8.97. The molecule has 1 atom stereocenters. The van der Waals surface area contributed by atoms with Crippen LogP contribution in [-0.2, 0) is 6.18 Å². The van der Waals surface area contributed by atoms with Gasteiger partial charge >= 0.3 is 6.18 Å². The first-order valence-corrected chi connectivity index (χ1v) is 8.97. The molecule has 1 saturated heterocycles. The Morgan fingerprint density at radius 1 is 1.10 bits per heavy atom. The maximum Gasteiger partial charge on any atom is 0.417 e. The van der Waals surface area contributed by atoms with Crippen molar-refractivity contribution in [1.29, 1.82) is 0 Å². The average Bonchev–Trinajstić information content (AvgIpc) is 3.38. The average molecular weight is 402 g/mol. The lowest BCUT2D eigenvalue weighted by molar-refractivity contribution is -0.137. The third-order valence-electron chi connectivity index (χ3n) is 4.63. The predicted molar refractivity (Wildman–Crippen MR) is 98.7 cm³/mol. The van der Waals surface area contributed by atoms with Crippen LogP contribution in [0.25, 0.3) is 5.69 Å². The molecule has 1 aliphatic heterocycles. The van der Waals surface area contributed by atoms with Gasteiger partial charge in [0.2, 0.25) is 0 Å². The van der Waals surface area contributed by atoms with Crippen LogP contribution in [0, 0.1) is 0 Å². The first-order chi connectivity index (χ1) is 13.9. The van der Waals surface area contributed by atoms with E-state index in [0.717, 1.165) is 18.0 Å². The lowest BCUT2D eigenvalue weighted by Gasteiger charge is -2.18. The Bertz CT molecular complexity index is 987. The monoisotopic (exact) mass is 402 g/mol. The summed E-state index contributed by atoms with van der Waals surface area (Å²) in [5.41, 5.74) is 0.152. The van der Waals surface area contributed by atoms with Gasteiger partial charge in [0.1, 0.15) is 5.82 Å². The summed E-state index contributed by atoms with van der Waals surface area (Å²) in [4.78, 5) is 19.6. The highest BCUT2D eigenvalue weighted by molar-refractivity contribution is 5.92.